The molecule has 1 aliphatic heterocycles. The van der Waals surface area contributed by atoms with Crippen LogP contribution < -0.4 is 10.6 Å². The fourth-order valence-electron chi connectivity index (χ4n) is 2.32. The first-order chi connectivity index (χ1) is 10.3. The molecule has 6 nitrogen and oxygen atoms in total. The van der Waals surface area contributed by atoms with Crippen molar-refractivity contribution in [1.82, 2.24) is 15.3 Å². The van der Waals surface area contributed by atoms with Gasteiger partial charge in [-0.3, -0.25) is 4.79 Å². The van der Waals surface area contributed by atoms with Crippen molar-refractivity contribution in [3.05, 3.63) is 36.7 Å². The Balaban J connectivity index is 1.56. The molecule has 1 unspecified atom stereocenters. The van der Waals surface area contributed by atoms with E-state index in [-0.39, 0.29) is 11.9 Å². The van der Waals surface area contributed by atoms with E-state index in [2.05, 4.69) is 20.6 Å². The molecule has 110 valence electrons. The van der Waals surface area contributed by atoms with Gasteiger partial charge in [-0.2, -0.15) is 0 Å². The summed E-state index contributed by atoms with van der Waals surface area (Å²) in [5.74, 6) is 0.806. The molecule has 1 atom stereocenters. The van der Waals surface area contributed by atoms with Gasteiger partial charge < -0.3 is 20.4 Å². The number of imidazole rings is 1. The van der Waals surface area contributed by atoms with E-state index in [9.17, 15) is 4.79 Å². The summed E-state index contributed by atoms with van der Waals surface area (Å²) in [6.45, 7) is 2.10. The standard InChI is InChI=1S/C15H18N4O2/c20-14(9-13-10-21-8-7-16-13)19-12-3-1-11(2-4-12)15-17-5-6-18-15/h1-6,13,16H,7-10H2,(H,17,18)(H,19,20). The molecule has 1 saturated heterocycles. The van der Waals surface area contributed by atoms with E-state index >= 15 is 0 Å². The number of anilines is 1. The van der Waals surface area contributed by atoms with Crippen molar-refractivity contribution < 1.29 is 9.53 Å². The summed E-state index contributed by atoms with van der Waals surface area (Å²) in [7, 11) is 0. The maximum atomic E-state index is 12.0. The molecule has 1 aromatic heterocycles. The number of hydrogen-bond acceptors (Lipinski definition) is 4. The number of benzene rings is 1. The highest BCUT2D eigenvalue weighted by molar-refractivity contribution is 5.91. The Morgan fingerprint density at radius 2 is 2.24 bits per heavy atom. The van der Waals surface area contributed by atoms with Crippen molar-refractivity contribution in [2.75, 3.05) is 25.1 Å². The summed E-state index contributed by atoms with van der Waals surface area (Å²) in [6.07, 6.45) is 3.91. The highest BCUT2D eigenvalue weighted by Crippen LogP contribution is 2.17. The summed E-state index contributed by atoms with van der Waals surface area (Å²) in [5, 5.41) is 6.16. The van der Waals surface area contributed by atoms with Crippen molar-refractivity contribution in [2.45, 2.75) is 12.5 Å². The number of nitrogens with one attached hydrogen (secondary N) is 3. The van der Waals surface area contributed by atoms with Crippen LogP contribution in [0.5, 0.6) is 0 Å². The number of amides is 1. The van der Waals surface area contributed by atoms with Crippen LogP contribution in [0.4, 0.5) is 5.69 Å². The van der Waals surface area contributed by atoms with Crippen molar-refractivity contribution in [2.24, 2.45) is 0 Å². The second-order valence-electron chi connectivity index (χ2n) is 4.99. The lowest BCUT2D eigenvalue weighted by atomic mass is 10.1. The minimum atomic E-state index is -0.0104. The maximum Gasteiger partial charge on any atom is 0.226 e. The Morgan fingerprint density at radius 1 is 1.38 bits per heavy atom. The normalized spacial score (nSPS) is 18.4. The second kappa shape index (κ2) is 6.51. The molecule has 1 amide bonds. The number of ether oxygens (including phenoxy) is 1. The molecule has 2 heterocycles. The highest BCUT2D eigenvalue weighted by Gasteiger charge is 2.16. The van der Waals surface area contributed by atoms with Crippen molar-refractivity contribution in [3.8, 4) is 11.4 Å². The van der Waals surface area contributed by atoms with Crippen LogP contribution in [0.15, 0.2) is 36.7 Å². The van der Waals surface area contributed by atoms with E-state index in [0.29, 0.717) is 19.6 Å². The third-order valence-electron chi connectivity index (χ3n) is 3.37. The van der Waals surface area contributed by atoms with Crippen LogP contribution >= 0.6 is 0 Å². The number of nitrogens with zero attached hydrogens (tertiary/aromatic N) is 1. The van der Waals surface area contributed by atoms with Gasteiger partial charge in [0.25, 0.3) is 0 Å². The number of aromatic nitrogens is 2. The maximum absolute atomic E-state index is 12.0. The highest BCUT2D eigenvalue weighted by atomic mass is 16.5. The quantitative estimate of drug-likeness (QED) is 0.793. The molecular formula is C15H18N4O2. The van der Waals surface area contributed by atoms with Crippen molar-refractivity contribution in [3.63, 3.8) is 0 Å². The number of hydrogen-bond donors (Lipinski definition) is 3. The summed E-state index contributed by atoms with van der Waals surface area (Å²) < 4.78 is 5.34. The van der Waals surface area contributed by atoms with E-state index in [1.807, 2.05) is 24.3 Å². The summed E-state index contributed by atoms with van der Waals surface area (Å²) in [5.41, 5.74) is 1.77. The minimum absolute atomic E-state index is 0.0104. The van der Waals surface area contributed by atoms with Gasteiger partial charge in [0.05, 0.1) is 13.2 Å². The van der Waals surface area contributed by atoms with Crippen LogP contribution in [0, 0.1) is 0 Å². The van der Waals surface area contributed by atoms with Gasteiger partial charge in [-0.1, -0.05) is 0 Å². The summed E-state index contributed by atoms with van der Waals surface area (Å²) >= 11 is 0. The van der Waals surface area contributed by atoms with E-state index in [4.69, 9.17) is 4.74 Å². The number of rotatable bonds is 4. The molecule has 0 radical (unpaired) electrons. The molecule has 0 aliphatic carbocycles. The molecule has 1 fully saturated rings. The Kier molecular flexibility index (Phi) is 4.28. The smallest absolute Gasteiger partial charge is 0.226 e. The zero-order chi connectivity index (χ0) is 14.5. The Hall–Kier alpha value is -2.18. The third kappa shape index (κ3) is 3.68. The second-order valence-corrected chi connectivity index (χ2v) is 4.99. The molecule has 0 spiro atoms. The van der Waals surface area contributed by atoms with E-state index in [1.165, 1.54) is 0 Å². The van der Waals surface area contributed by atoms with E-state index in [1.54, 1.807) is 12.4 Å². The van der Waals surface area contributed by atoms with Crippen LogP contribution in [-0.2, 0) is 9.53 Å². The van der Waals surface area contributed by atoms with E-state index < -0.39 is 0 Å². The van der Waals surface area contributed by atoms with Crippen LogP contribution in [0.2, 0.25) is 0 Å². The zero-order valence-corrected chi connectivity index (χ0v) is 11.6. The van der Waals surface area contributed by atoms with Gasteiger partial charge in [-0.25, -0.2) is 4.98 Å². The first kappa shape index (κ1) is 13.8. The number of morpholine rings is 1. The predicted molar refractivity (Wildman–Crippen MR) is 79.9 cm³/mol. The predicted octanol–water partition coefficient (Wildman–Crippen LogP) is 1.39. The lowest BCUT2D eigenvalue weighted by Crippen LogP contribution is -2.43. The Bertz CT molecular complexity index is 574. The molecule has 0 saturated carbocycles. The molecule has 6 heteroatoms. The topological polar surface area (TPSA) is 79.0 Å². The van der Waals surface area contributed by atoms with Crippen LogP contribution in [-0.4, -0.2) is 41.7 Å². The number of aromatic amines is 1. The van der Waals surface area contributed by atoms with Gasteiger partial charge in [0.15, 0.2) is 0 Å². The van der Waals surface area contributed by atoms with Crippen molar-refractivity contribution >= 4 is 11.6 Å². The van der Waals surface area contributed by atoms with Crippen LogP contribution in [0.25, 0.3) is 11.4 Å². The van der Waals surface area contributed by atoms with Gasteiger partial charge in [0.2, 0.25) is 5.91 Å². The average Bonchev–Trinajstić information content (AvgIpc) is 3.03. The lowest BCUT2D eigenvalue weighted by Gasteiger charge is -2.23. The molecular weight excluding hydrogens is 268 g/mol. The largest absolute Gasteiger partial charge is 0.378 e. The van der Waals surface area contributed by atoms with E-state index in [0.717, 1.165) is 23.6 Å². The first-order valence-corrected chi connectivity index (χ1v) is 7.02. The van der Waals surface area contributed by atoms with Crippen LogP contribution in [0.3, 0.4) is 0 Å². The number of H-pyrrole nitrogens is 1. The SMILES string of the molecule is O=C(CC1COCCN1)Nc1ccc(-c2ncc[nH]2)cc1. The molecule has 1 aliphatic rings. The molecule has 3 N–H and O–H groups in total. The molecule has 2 aromatic rings. The van der Waals surface area contributed by atoms with Gasteiger partial charge in [-0.15, -0.1) is 0 Å². The zero-order valence-electron chi connectivity index (χ0n) is 11.6. The third-order valence-corrected chi connectivity index (χ3v) is 3.37. The number of carbonyl (C=O) groups excluding carboxylic acids is 1. The Morgan fingerprint density at radius 3 is 2.90 bits per heavy atom. The molecule has 21 heavy (non-hydrogen) atoms. The Labute approximate surface area is 122 Å². The van der Waals surface area contributed by atoms with Gasteiger partial charge in [0.1, 0.15) is 5.82 Å². The van der Waals surface area contributed by atoms with Gasteiger partial charge >= 0.3 is 0 Å². The number of carbonyl (C=O) groups is 1. The summed E-state index contributed by atoms with van der Waals surface area (Å²) in [6, 6.07) is 7.70. The van der Waals surface area contributed by atoms with Crippen molar-refractivity contribution in [1.29, 1.82) is 0 Å². The molecule has 3 rings (SSSR count). The minimum Gasteiger partial charge on any atom is -0.378 e. The molecule has 0 bridgehead atoms. The summed E-state index contributed by atoms with van der Waals surface area (Å²) in [4.78, 5) is 19.2. The average molecular weight is 286 g/mol. The molecule has 1 aromatic carbocycles. The fraction of sp³-hybridized carbons (Fsp3) is 0.333. The van der Waals surface area contributed by atoms with Gasteiger partial charge in [0, 0.05) is 42.7 Å². The monoisotopic (exact) mass is 286 g/mol. The van der Waals surface area contributed by atoms with Gasteiger partial charge in [-0.05, 0) is 24.3 Å². The van der Waals surface area contributed by atoms with Crippen LogP contribution in [0.1, 0.15) is 6.42 Å². The lowest BCUT2D eigenvalue weighted by molar-refractivity contribution is -0.117. The fourth-order valence-corrected chi connectivity index (χ4v) is 2.32. The first-order valence-electron chi connectivity index (χ1n) is 7.02.